The summed E-state index contributed by atoms with van der Waals surface area (Å²) in [5.41, 5.74) is 2.86. The Morgan fingerprint density at radius 3 is 2.14 bits per heavy atom. The first kappa shape index (κ1) is 25.2. The second kappa shape index (κ2) is 12.2. The van der Waals surface area contributed by atoms with Crippen molar-refractivity contribution in [3.63, 3.8) is 0 Å². The normalized spacial score (nSPS) is 10.3. The number of hydrogen-bond donors (Lipinski definition) is 2. The zero-order valence-corrected chi connectivity index (χ0v) is 19.6. The third kappa shape index (κ3) is 6.57. The first-order valence-corrected chi connectivity index (χ1v) is 11.2. The predicted octanol–water partition coefficient (Wildman–Crippen LogP) is 4.40. The minimum Gasteiger partial charge on any atom is -0.497 e. The van der Waals surface area contributed by atoms with Gasteiger partial charge in [0, 0.05) is 30.8 Å². The first-order chi connectivity index (χ1) is 16.9. The zero-order chi connectivity index (χ0) is 25.2. The molecule has 0 saturated carbocycles. The summed E-state index contributed by atoms with van der Waals surface area (Å²) in [5.74, 6) is -0.897. The van der Waals surface area contributed by atoms with Crippen molar-refractivity contribution >= 4 is 17.8 Å². The standard InChI is InChI=1S/C28H28N2O5/c1-3-17-29-27(33)24-10-6-4-8-22(24)23-9-5-7-11-25(23)28(34)30(18-16-26(31)32)19-20-12-14-21(35-2)15-13-20/h3-15H,1,16-19H2,2H3,(H,29,33)(H,31,32). The van der Waals surface area contributed by atoms with E-state index in [0.717, 1.165) is 5.56 Å². The predicted molar refractivity (Wildman–Crippen MR) is 134 cm³/mol. The second-order valence-electron chi connectivity index (χ2n) is 7.81. The van der Waals surface area contributed by atoms with Crippen molar-refractivity contribution in [1.82, 2.24) is 10.2 Å². The van der Waals surface area contributed by atoms with E-state index in [1.165, 1.54) is 4.90 Å². The summed E-state index contributed by atoms with van der Waals surface area (Å²) in [6.07, 6.45) is 1.40. The smallest absolute Gasteiger partial charge is 0.305 e. The maximum Gasteiger partial charge on any atom is 0.305 e. The number of ether oxygens (including phenoxy) is 1. The average Bonchev–Trinajstić information content (AvgIpc) is 2.89. The lowest BCUT2D eigenvalue weighted by Gasteiger charge is -2.24. The third-order valence-corrected chi connectivity index (χ3v) is 5.44. The Labute approximate surface area is 204 Å². The number of amides is 2. The van der Waals surface area contributed by atoms with Gasteiger partial charge < -0.3 is 20.1 Å². The molecule has 0 unspecified atom stereocenters. The Morgan fingerprint density at radius 1 is 0.943 bits per heavy atom. The molecule has 0 fully saturated rings. The van der Waals surface area contributed by atoms with Gasteiger partial charge in [-0.2, -0.15) is 0 Å². The minimum atomic E-state index is -0.991. The van der Waals surface area contributed by atoms with Crippen LogP contribution in [0.2, 0.25) is 0 Å². The van der Waals surface area contributed by atoms with Crippen LogP contribution >= 0.6 is 0 Å². The molecule has 2 N–H and O–H groups in total. The van der Waals surface area contributed by atoms with Gasteiger partial charge in [0.1, 0.15) is 5.75 Å². The van der Waals surface area contributed by atoms with Crippen LogP contribution in [0.4, 0.5) is 0 Å². The summed E-state index contributed by atoms with van der Waals surface area (Å²) in [4.78, 5) is 39.3. The molecular formula is C28H28N2O5. The number of nitrogens with zero attached hydrogens (tertiary/aromatic N) is 1. The van der Waals surface area contributed by atoms with Crippen molar-refractivity contribution in [2.75, 3.05) is 20.2 Å². The molecule has 0 radical (unpaired) electrons. The summed E-state index contributed by atoms with van der Waals surface area (Å²) >= 11 is 0. The maximum absolute atomic E-state index is 13.7. The van der Waals surface area contributed by atoms with Crippen molar-refractivity contribution in [3.8, 4) is 16.9 Å². The van der Waals surface area contributed by atoms with Gasteiger partial charge in [0.2, 0.25) is 0 Å². The highest BCUT2D eigenvalue weighted by Crippen LogP contribution is 2.29. The molecule has 0 aromatic heterocycles. The Kier molecular flexibility index (Phi) is 8.78. The zero-order valence-electron chi connectivity index (χ0n) is 19.6. The lowest BCUT2D eigenvalue weighted by Crippen LogP contribution is -2.33. The Morgan fingerprint density at radius 2 is 1.54 bits per heavy atom. The Bertz CT molecular complexity index is 1200. The van der Waals surface area contributed by atoms with Crippen LogP contribution < -0.4 is 10.1 Å². The van der Waals surface area contributed by atoms with Crippen LogP contribution in [0.15, 0.2) is 85.5 Å². The van der Waals surface area contributed by atoms with Crippen LogP contribution in [0.5, 0.6) is 5.75 Å². The van der Waals surface area contributed by atoms with Crippen LogP contribution in [-0.2, 0) is 11.3 Å². The number of carbonyl (C=O) groups is 3. The topological polar surface area (TPSA) is 95.9 Å². The van der Waals surface area contributed by atoms with Crippen LogP contribution in [-0.4, -0.2) is 48.0 Å². The maximum atomic E-state index is 13.7. The fourth-order valence-corrected chi connectivity index (χ4v) is 3.69. The average molecular weight is 473 g/mol. The van der Waals surface area contributed by atoms with Crippen molar-refractivity contribution in [3.05, 3.63) is 102 Å². The molecule has 2 amide bonds. The van der Waals surface area contributed by atoms with Gasteiger partial charge in [0.15, 0.2) is 0 Å². The number of carbonyl (C=O) groups excluding carboxylic acids is 2. The SMILES string of the molecule is C=CCNC(=O)c1ccccc1-c1ccccc1C(=O)N(CCC(=O)O)Cc1ccc(OC)cc1. The number of aliphatic carboxylic acids is 1. The molecule has 0 heterocycles. The summed E-state index contributed by atoms with van der Waals surface area (Å²) in [6.45, 7) is 4.21. The van der Waals surface area contributed by atoms with E-state index in [0.29, 0.717) is 34.5 Å². The molecule has 0 aliphatic heterocycles. The molecule has 35 heavy (non-hydrogen) atoms. The molecule has 0 atom stereocenters. The summed E-state index contributed by atoms with van der Waals surface area (Å²) < 4.78 is 5.19. The van der Waals surface area contributed by atoms with E-state index in [9.17, 15) is 19.5 Å². The number of rotatable bonds is 11. The summed E-state index contributed by atoms with van der Waals surface area (Å²) in [6, 6.07) is 21.4. The van der Waals surface area contributed by atoms with Crippen LogP contribution in [0, 0.1) is 0 Å². The summed E-state index contributed by atoms with van der Waals surface area (Å²) in [5, 5.41) is 12.0. The van der Waals surface area contributed by atoms with Crippen molar-refractivity contribution in [2.24, 2.45) is 0 Å². The first-order valence-electron chi connectivity index (χ1n) is 11.2. The summed E-state index contributed by atoms with van der Waals surface area (Å²) in [7, 11) is 1.57. The van der Waals surface area contributed by atoms with E-state index in [4.69, 9.17) is 4.74 Å². The van der Waals surface area contributed by atoms with Crippen LogP contribution in [0.3, 0.4) is 0 Å². The number of benzene rings is 3. The fourth-order valence-electron chi connectivity index (χ4n) is 3.69. The van der Waals surface area contributed by atoms with Crippen molar-refractivity contribution < 1.29 is 24.2 Å². The van der Waals surface area contributed by atoms with Crippen LogP contribution in [0.25, 0.3) is 11.1 Å². The Hall–Kier alpha value is -4.39. The van der Waals surface area contributed by atoms with Gasteiger partial charge in [0.25, 0.3) is 11.8 Å². The van der Waals surface area contributed by atoms with Gasteiger partial charge in [-0.3, -0.25) is 14.4 Å². The lowest BCUT2D eigenvalue weighted by molar-refractivity contribution is -0.137. The number of nitrogens with one attached hydrogen (secondary N) is 1. The van der Waals surface area contributed by atoms with Gasteiger partial charge in [-0.1, -0.05) is 54.6 Å². The molecule has 0 bridgehead atoms. The van der Waals surface area contributed by atoms with E-state index in [2.05, 4.69) is 11.9 Å². The molecule has 0 saturated heterocycles. The Balaban J connectivity index is 1.99. The monoisotopic (exact) mass is 472 g/mol. The molecule has 0 spiro atoms. The molecule has 0 aliphatic carbocycles. The third-order valence-electron chi connectivity index (χ3n) is 5.44. The molecule has 3 aromatic rings. The van der Waals surface area contributed by atoms with Crippen molar-refractivity contribution in [1.29, 1.82) is 0 Å². The molecule has 7 nitrogen and oxygen atoms in total. The van der Waals surface area contributed by atoms with Gasteiger partial charge in [-0.25, -0.2) is 0 Å². The quantitative estimate of drug-likeness (QED) is 0.404. The number of methoxy groups -OCH3 is 1. The number of hydrogen-bond acceptors (Lipinski definition) is 4. The van der Waals surface area contributed by atoms with E-state index in [1.807, 2.05) is 12.1 Å². The largest absolute Gasteiger partial charge is 0.497 e. The molecule has 3 aromatic carbocycles. The fraction of sp³-hybridized carbons (Fsp3) is 0.179. The molecule has 3 rings (SSSR count). The van der Waals surface area contributed by atoms with E-state index in [-0.39, 0.29) is 31.3 Å². The number of carboxylic acid groups (broad SMARTS) is 1. The van der Waals surface area contributed by atoms with Gasteiger partial charge in [-0.05, 0) is 41.0 Å². The van der Waals surface area contributed by atoms with Gasteiger partial charge in [0.05, 0.1) is 13.5 Å². The van der Waals surface area contributed by atoms with Gasteiger partial charge in [-0.15, -0.1) is 6.58 Å². The molecule has 180 valence electrons. The van der Waals surface area contributed by atoms with E-state index in [1.54, 1.807) is 73.8 Å². The highest BCUT2D eigenvalue weighted by atomic mass is 16.5. The van der Waals surface area contributed by atoms with E-state index < -0.39 is 5.97 Å². The lowest BCUT2D eigenvalue weighted by atomic mass is 9.94. The minimum absolute atomic E-state index is 0.0377. The second-order valence-corrected chi connectivity index (χ2v) is 7.81. The van der Waals surface area contributed by atoms with Crippen molar-refractivity contribution in [2.45, 2.75) is 13.0 Å². The van der Waals surface area contributed by atoms with Crippen LogP contribution in [0.1, 0.15) is 32.7 Å². The number of carboxylic acids is 1. The van der Waals surface area contributed by atoms with E-state index >= 15 is 0 Å². The molecular weight excluding hydrogens is 444 g/mol. The molecule has 7 heteroatoms. The highest BCUT2D eigenvalue weighted by molar-refractivity contribution is 6.06. The highest BCUT2D eigenvalue weighted by Gasteiger charge is 2.22. The molecule has 0 aliphatic rings. The van der Waals surface area contributed by atoms with Gasteiger partial charge >= 0.3 is 5.97 Å².